The van der Waals surface area contributed by atoms with Crippen molar-refractivity contribution in [3.8, 4) is 0 Å². The molecule has 5 nitrogen and oxygen atoms in total. The number of piperidine rings is 1. The zero-order valence-corrected chi connectivity index (χ0v) is 11.0. The van der Waals surface area contributed by atoms with E-state index >= 15 is 0 Å². The van der Waals surface area contributed by atoms with Gasteiger partial charge in [0, 0.05) is 18.0 Å². The van der Waals surface area contributed by atoms with Gasteiger partial charge in [0.15, 0.2) is 0 Å². The second kappa shape index (κ2) is 5.69. The Morgan fingerprint density at radius 2 is 1.90 bits per heavy atom. The Morgan fingerprint density at radius 3 is 2.65 bits per heavy atom. The third-order valence-corrected chi connectivity index (χ3v) is 3.50. The van der Waals surface area contributed by atoms with Crippen molar-refractivity contribution in [1.82, 2.24) is 20.7 Å². The van der Waals surface area contributed by atoms with Crippen LogP contribution in [-0.2, 0) is 4.79 Å². The van der Waals surface area contributed by atoms with Gasteiger partial charge in [0.1, 0.15) is 11.0 Å². The first kappa shape index (κ1) is 12.6. The molecule has 0 spiro atoms. The predicted octanol–water partition coefficient (Wildman–Crippen LogP) is 2.31. The van der Waals surface area contributed by atoms with Crippen LogP contribution in [0.25, 0.3) is 11.0 Å². The minimum absolute atomic E-state index is 0.169. The van der Waals surface area contributed by atoms with Gasteiger partial charge in [-0.2, -0.15) is 15.4 Å². The average Bonchev–Trinajstić information content (AvgIpc) is 2.96. The SMILES string of the molecule is O=C1CCC2CC=CC=C2N1.c1ccc2n[nH]nc2c1. The van der Waals surface area contributed by atoms with Gasteiger partial charge in [-0.25, -0.2) is 0 Å². The summed E-state index contributed by atoms with van der Waals surface area (Å²) in [4.78, 5) is 10.9. The van der Waals surface area contributed by atoms with E-state index in [1.807, 2.05) is 36.4 Å². The summed E-state index contributed by atoms with van der Waals surface area (Å²) in [5, 5.41) is 13.2. The summed E-state index contributed by atoms with van der Waals surface area (Å²) in [5.74, 6) is 0.750. The van der Waals surface area contributed by atoms with Gasteiger partial charge in [0.2, 0.25) is 5.91 Å². The van der Waals surface area contributed by atoms with E-state index in [9.17, 15) is 4.79 Å². The Labute approximate surface area is 116 Å². The van der Waals surface area contributed by atoms with Gasteiger partial charge >= 0.3 is 0 Å². The number of para-hydroxylation sites is 2. The van der Waals surface area contributed by atoms with Gasteiger partial charge in [-0.05, 0) is 31.1 Å². The first-order valence-electron chi connectivity index (χ1n) is 6.75. The molecule has 0 bridgehead atoms. The molecule has 1 fully saturated rings. The summed E-state index contributed by atoms with van der Waals surface area (Å²) in [5.41, 5.74) is 2.94. The van der Waals surface area contributed by atoms with Crippen molar-refractivity contribution in [2.24, 2.45) is 5.92 Å². The number of amides is 1. The standard InChI is InChI=1S/C9H11NO.C6H5N3/c11-9-6-5-7-3-1-2-4-8(7)10-9;1-2-4-6-5(3-1)7-9-8-6/h1-2,4,7H,3,5-6H2,(H,10,11);1-4H,(H,7,8,9). The fourth-order valence-corrected chi connectivity index (χ4v) is 2.41. The third-order valence-electron chi connectivity index (χ3n) is 3.50. The van der Waals surface area contributed by atoms with Crippen LogP contribution in [0.4, 0.5) is 0 Å². The highest BCUT2D eigenvalue weighted by molar-refractivity contribution is 5.79. The molecule has 2 heterocycles. The summed E-state index contributed by atoms with van der Waals surface area (Å²) < 4.78 is 0. The molecule has 4 rings (SSSR count). The van der Waals surface area contributed by atoms with Gasteiger partial charge in [-0.1, -0.05) is 24.3 Å². The lowest BCUT2D eigenvalue weighted by Crippen LogP contribution is -2.33. The summed E-state index contributed by atoms with van der Waals surface area (Å²) in [6.45, 7) is 0. The van der Waals surface area contributed by atoms with Crippen LogP contribution in [0.15, 0.2) is 48.2 Å². The molecule has 2 N–H and O–H groups in total. The summed E-state index contributed by atoms with van der Waals surface area (Å²) in [7, 11) is 0. The number of aromatic nitrogens is 3. The van der Waals surface area contributed by atoms with Crippen molar-refractivity contribution in [2.75, 3.05) is 0 Å². The van der Waals surface area contributed by atoms with E-state index in [1.165, 1.54) is 0 Å². The molecule has 1 amide bonds. The van der Waals surface area contributed by atoms with Crippen LogP contribution in [-0.4, -0.2) is 21.3 Å². The van der Waals surface area contributed by atoms with E-state index in [1.54, 1.807) is 0 Å². The van der Waals surface area contributed by atoms with Crippen LogP contribution in [0, 0.1) is 5.92 Å². The first-order chi connectivity index (χ1) is 9.83. The average molecular weight is 268 g/mol. The van der Waals surface area contributed by atoms with Gasteiger partial charge < -0.3 is 5.32 Å². The number of H-pyrrole nitrogens is 1. The Kier molecular flexibility index (Phi) is 3.58. The minimum atomic E-state index is 0.169. The monoisotopic (exact) mass is 268 g/mol. The summed E-state index contributed by atoms with van der Waals surface area (Å²) in [6.07, 6.45) is 8.97. The molecule has 20 heavy (non-hydrogen) atoms. The number of rotatable bonds is 0. The topological polar surface area (TPSA) is 70.7 Å². The highest BCUT2D eigenvalue weighted by atomic mass is 16.1. The molecule has 2 aliphatic rings. The van der Waals surface area contributed by atoms with E-state index in [2.05, 4.69) is 26.8 Å². The second-order valence-corrected chi connectivity index (χ2v) is 4.88. The lowest BCUT2D eigenvalue weighted by Gasteiger charge is -2.26. The number of benzene rings is 1. The van der Waals surface area contributed by atoms with Crippen LogP contribution >= 0.6 is 0 Å². The zero-order valence-electron chi connectivity index (χ0n) is 11.0. The smallest absolute Gasteiger partial charge is 0.224 e. The van der Waals surface area contributed by atoms with E-state index < -0.39 is 0 Å². The van der Waals surface area contributed by atoms with Crippen molar-refractivity contribution >= 4 is 16.9 Å². The van der Waals surface area contributed by atoms with Crippen molar-refractivity contribution < 1.29 is 4.79 Å². The molecule has 102 valence electrons. The van der Waals surface area contributed by atoms with Crippen molar-refractivity contribution in [3.05, 3.63) is 48.2 Å². The molecule has 1 aromatic carbocycles. The molecule has 1 aliphatic carbocycles. The molecular weight excluding hydrogens is 252 g/mol. The number of aromatic amines is 1. The normalized spacial score (nSPS) is 20.5. The fraction of sp³-hybridized carbons (Fsp3) is 0.267. The van der Waals surface area contributed by atoms with Crippen LogP contribution < -0.4 is 5.32 Å². The van der Waals surface area contributed by atoms with Gasteiger partial charge in [-0.15, -0.1) is 0 Å². The van der Waals surface area contributed by atoms with Crippen LogP contribution in [0.2, 0.25) is 0 Å². The Bertz CT molecular complexity index is 641. The van der Waals surface area contributed by atoms with Crippen LogP contribution in [0.5, 0.6) is 0 Å². The molecule has 1 unspecified atom stereocenters. The Balaban J connectivity index is 0.000000123. The minimum Gasteiger partial charge on any atom is -0.329 e. The highest BCUT2D eigenvalue weighted by Gasteiger charge is 2.22. The van der Waals surface area contributed by atoms with Gasteiger partial charge in [-0.3, -0.25) is 4.79 Å². The number of hydrogen-bond donors (Lipinski definition) is 2. The van der Waals surface area contributed by atoms with Crippen molar-refractivity contribution in [1.29, 1.82) is 0 Å². The van der Waals surface area contributed by atoms with E-state index in [-0.39, 0.29) is 5.91 Å². The highest BCUT2D eigenvalue weighted by Crippen LogP contribution is 2.26. The number of carbonyl (C=O) groups is 1. The summed E-state index contributed by atoms with van der Waals surface area (Å²) >= 11 is 0. The Morgan fingerprint density at radius 1 is 1.15 bits per heavy atom. The largest absolute Gasteiger partial charge is 0.329 e. The fourth-order valence-electron chi connectivity index (χ4n) is 2.41. The zero-order chi connectivity index (χ0) is 13.8. The van der Waals surface area contributed by atoms with Gasteiger partial charge in [0.05, 0.1) is 0 Å². The van der Waals surface area contributed by atoms with Crippen molar-refractivity contribution in [3.63, 3.8) is 0 Å². The molecule has 1 saturated heterocycles. The summed E-state index contributed by atoms with van der Waals surface area (Å²) in [6, 6.07) is 7.70. The van der Waals surface area contributed by atoms with Crippen LogP contribution in [0.3, 0.4) is 0 Å². The molecule has 0 saturated carbocycles. The molecule has 1 aliphatic heterocycles. The molecule has 1 atom stereocenters. The molecule has 0 radical (unpaired) electrons. The quantitative estimate of drug-likeness (QED) is 0.770. The molecular formula is C15H16N4O. The molecule has 2 aromatic rings. The predicted molar refractivity (Wildman–Crippen MR) is 76.6 cm³/mol. The maximum atomic E-state index is 10.9. The Hall–Kier alpha value is -2.43. The van der Waals surface area contributed by atoms with Gasteiger partial charge in [0.25, 0.3) is 0 Å². The lowest BCUT2D eigenvalue weighted by atomic mass is 9.89. The number of hydrogen-bond acceptors (Lipinski definition) is 3. The number of fused-ring (bicyclic) bond motifs is 2. The number of allylic oxidation sites excluding steroid dienone is 4. The second-order valence-electron chi connectivity index (χ2n) is 4.88. The van der Waals surface area contributed by atoms with E-state index in [0.717, 1.165) is 29.6 Å². The first-order valence-corrected chi connectivity index (χ1v) is 6.75. The molecule has 5 heteroatoms. The van der Waals surface area contributed by atoms with Crippen molar-refractivity contribution in [2.45, 2.75) is 19.3 Å². The van der Waals surface area contributed by atoms with E-state index in [0.29, 0.717) is 12.3 Å². The molecule has 1 aromatic heterocycles. The number of nitrogens with one attached hydrogen (secondary N) is 2. The third kappa shape index (κ3) is 2.77. The maximum Gasteiger partial charge on any atom is 0.224 e. The maximum absolute atomic E-state index is 10.9. The number of nitrogens with zero attached hydrogens (tertiary/aromatic N) is 2. The number of carbonyl (C=O) groups excluding carboxylic acids is 1. The lowest BCUT2D eigenvalue weighted by molar-refractivity contribution is -0.121. The van der Waals surface area contributed by atoms with Crippen LogP contribution in [0.1, 0.15) is 19.3 Å². The van der Waals surface area contributed by atoms with E-state index in [4.69, 9.17) is 0 Å².